The van der Waals surface area contributed by atoms with Gasteiger partial charge in [-0.15, -0.1) is 5.11 Å². The van der Waals surface area contributed by atoms with E-state index in [1.165, 1.54) is 6.92 Å². The lowest BCUT2D eigenvalue weighted by atomic mass is 9.83. The number of fused-ring (bicyclic) bond motifs is 1. The van der Waals surface area contributed by atoms with Gasteiger partial charge < -0.3 is 10.6 Å². The maximum Gasteiger partial charge on any atom is 0.271 e. The van der Waals surface area contributed by atoms with Crippen molar-refractivity contribution in [1.29, 1.82) is 0 Å². The molecule has 6 heteroatoms. The van der Waals surface area contributed by atoms with Gasteiger partial charge in [0.15, 0.2) is 11.5 Å². The Balaban J connectivity index is 2.10. The van der Waals surface area contributed by atoms with Crippen molar-refractivity contribution in [2.75, 3.05) is 7.05 Å². The lowest BCUT2D eigenvalue weighted by Crippen LogP contribution is -2.46. The van der Waals surface area contributed by atoms with Gasteiger partial charge in [0, 0.05) is 23.7 Å². The molecule has 1 aliphatic rings. The van der Waals surface area contributed by atoms with Crippen molar-refractivity contribution in [3.05, 3.63) is 70.9 Å². The molecular weight excluding hydrogens is 352 g/mol. The van der Waals surface area contributed by atoms with Crippen LogP contribution >= 0.6 is 0 Å². The molecule has 6 nitrogen and oxygen atoms in total. The van der Waals surface area contributed by atoms with Gasteiger partial charge in [0.25, 0.3) is 5.91 Å². The molecule has 28 heavy (non-hydrogen) atoms. The van der Waals surface area contributed by atoms with Crippen LogP contribution in [0.3, 0.4) is 0 Å². The van der Waals surface area contributed by atoms with Crippen LogP contribution in [0.5, 0.6) is 0 Å². The number of hydrogen-bond donors (Lipinski definition) is 1. The summed E-state index contributed by atoms with van der Waals surface area (Å²) < 4.78 is 0. The molecule has 0 aromatic heterocycles. The Kier molecular flexibility index (Phi) is 5.14. The highest BCUT2D eigenvalue weighted by molar-refractivity contribution is 6.00. The molecule has 0 saturated carbocycles. The second kappa shape index (κ2) is 7.38. The van der Waals surface area contributed by atoms with Gasteiger partial charge in [-0.25, -0.2) is 0 Å². The van der Waals surface area contributed by atoms with Crippen LogP contribution in [0.2, 0.25) is 0 Å². The van der Waals surface area contributed by atoms with Gasteiger partial charge in [0.2, 0.25) is 0 Å². The number of nitrogens with two attached hydrogens (primary N) is 1. The van der Waals surface area contributed by atoms with Gasteiger partial charge in [-0.05, 0) is 57.0 Å². The highest BCUT2D eigenvalue weighted by atomic mass is 16.1. The van der Waals surface area contributed by atoms with Crippen molar-refractivity contribution in [1.82, 2.24) is 4.90 Å². The van der Waals surface area contributed by atoms with Crippen molar-refractivity contribution in [3.63, 3.8) is 0 Å². The Morgan fingerprint density at radius 1 is 1.07 bits per heavy atom. The maximum absolute atomic E-state index is 12.3. The van der Waals surface area contributed by atoms with Gasteiger partial charge in [-0.1, -0.05) is 24.3 Å². The standard InChI is InChI=1S/C22H24N4O2/c1-14(27)15-9-11-17(12-10-15)24-25-19(21(23)28)20-18-8-6-5-7-16(18)13-22(2,3)26(20)4/h5-12H,13H2,1-4H3,(H2,23,28)/b20-19-,25-24?. The van der Waals surface area contributed by atoms with Gasteiger partial charge in [-0.2, -0.15) is 5.11 Å². The smallest absolute Gasteiger partial charge is 0.271 e. The van der Waals surface area contributed by atoms with E-state index >= 15 is 0 Å². The lowest BCUT2D eigenvalue weighted by molar-refractivity contribution is -0.114. The number of benzene rings is 2. The zero-order valence-corrected chi connectivity index (χ0v) is 16.6. The third kappa shape index (κ3) is 3.71. The molecular formula is C22H24N4O2. The maximum atomic E-state index is 12.3. The van der Waals surface area contributed by atoms with E-state index in [-0.39, 0.29) is 17.0 Å². The van der Waals surface area contributed by atoms with Gasteiger partial charge in [0.1, 0.15) is 0 Å². The first-order valence-electron chi connectivity index (χ1n) is 9.09. The van der Waals surface area contributed by atoms with Crippen molar-refractivity contribution in [2.45, 2.75) is 32.7 Å². The van der Waals surface area contributed by atoms with Crippen LogP contribution in [-0.4, -0.2) is 29.2 Å². The van der Waals surface area contributed by atoms with Crippen molar-refractivity contribution >= 4 is 23.1 Å². The predicted molar refractivity (Wildman–Crippen MR) is 109 cm³/mol. The zero-order chi connectivity index (χ0) is 20.5. The average molecular weight is 376 g/mol. The van der Waals surface area contributed by atoms with Crippen LogP contribution in [-0.2, 0) is 11.2 Å². The Labute approximate surface area is 164 Å². The van der Waals surface area contributed by atoms with E-state index in [1.54, 1.807) is 24.3 Å². The number of carbonyl (C=O) groups is 2. The van der Waals surface area contributed by atoms with E-state index in [0.29, 0.717) is 16.9 Å². The number of likely N-dealkylation sites (N-methyl/N-ethyl adjacent to an activating group) is 1. The molecule has 0 atom stereocenters. The molecule has 0 spiro atoms. The van der Waals surface area contributed by atoms with E-state index in [9.17, 15) is 9.59 Å². The van der Waals surface area contributed by atoms with E-state index < -0.39 is 5.91 Å². The normalized spacial score (nSPS) is 17.4. The topological polar surface area (TPSA) is 88.1 Å². The number of azo groups is 1. The van der Waals surface area contributed by atoms with Crippen LogP contribution < -0.4 is 5.73 Å². The number of carbonyl (C=O) groups excluding carboxylic acids is 2. The van der Waals surface area contributed by atoms with E-state index in [4.69, 9.17) is 5.73 Å². The molecule has 0 radical (unpaired) electrons. The zero-order valence-electron chi connectivity index (χ0n) is 16.6. The summed E-state index contributed by atoms with van der Waals surface area (Å²) >= 11 is 0. The van der Waals surface area contributed by atoms with Gasteiger partial charge in [0.05, 0.1) is 11.4 Å². The number of amides is 1. The fraction of sp³-hybridized carbons (Fsp3) is 0.273. The highest BCUT2D eigenvalue weighted by Gasteiger charge is 2.35. The molecule has 2 aromatic rings. The molecule has 3 rings (SSSR count). The summed E-state index contributed by atoms with van der Waals surface area (Å²) in [4.78, 5) is 25.7. The lowest BCUT2D eigenvalue weighted by Gasteiger charge is -2.44. The molecule has 0 aliphatic carbocycles. The fourth-order valence-electron chi connectivity index (χ4n) is 3.34. The number of nitrogens with zero attached hydrogens (tertiary/aromatic N) is 3. The Bertz CT molecular complexity index is 988. The third-order valence-corrected chi connectivity index (χ3v) is 5.14. The number of hydrogen-bond acceptors (Lipinski definition) is 5. The second-order valence-electron chi connectivity index (χ2n) is 7.57. The number of rotatable bonds is 4. The van der Waals surface area contributed by atoms with Crippen LogP contribution in [0.1, 0.15) is 42.3 Å². The molecule has 2 N–H and O–H groups in total. The quantitative estimate of drug-likeness (QED) is 0.495. The first kappa shape index (κ1) is 19.5. The molecule has 1 heterocycles. The van der Waals surface area contributed by atoms with Crippen molar-refractivity contribution in [3.8, 4) is 0 Å². The van der Waals surface area contributed by atoms with Crippen LogP contribution in [0.15, 0.2) is 64.5 Å². The first-order chi connectivity index (χ1) is 13.2. The van der Waals surface area contributed by atoms with Crippen LogP contribution in [0, 0.1) is 0 Å². The summed E-state index contributed by atoms with van der Waals surface area (Å²) in [6, 6.07) is 14.7. The summed E-state index contributed by atoms with van der Waals surface area (Å²) in [7, 11) is 1.94. The monoisotopic (exact) mass is 376 g/mol. The molecule has 144 valence electrons. The predicted octanol–water partition coefficient (Wildman–Crippen LogP) is 4.09. The van der Waals surface area contributed by atoms with E-state index in [2.05, 4.69) is 30.1 Å². The number of primary amides is 1. The molecule has 1 aliphatic heterocycles. The summed E-state index contributed by atoms with van der Waals surface area (Å²) in [5, 5.41) is 8.40. The van der Waals surface area contributed by atoms with E-state index in [0.717, 1.165) is 17.5 Å². The molecule has 2 aromatic carbocycles. The minimum Gasteiger partial charge on any atom is -0.367 e. The number of ketones is 1. The summed E-state index contributed by atoms with van der Waals surface area (Å²) in [5.41, 5.74) is 9.46. The second-order valence-corrected chi connectivity index (χ2v) is 7.57. The first-order valence-corrected chi connectivity index (χ1v) is 9.09. The third-order valence-electron chi connectivity index (χ3n) is 5.14. The molecule has 0 bridgehead atoms. The Morgan fingerprint density at radius 2 is 1.71 bits per heavy atom. The Hall–Kier alpha value is -3.28. The minimum absolute atomic E-state index is 0.0221. The van der Waals surface area contributed by atoms with Crippen LogP contribution in [0.25, 0.3) is 5.70 Å². The Morgan fingerprint density at radius 3 is 2.32 bits per heavy atom. The molecule has 0 unspecified atom stereocenters. The minimum atomic E-state index is -0.640. The van der Waals surface area contributed by atoms with Crippen molar-refractivity contribution < 1.29 is 9.59 Å². The summed E-state index contributed by atoms with van der Waals surface area (Å²) in [6.07, 6.45) is 0.846. The summed E-state index contributed by atoms with van der Waals surface area (Å²) in [6.45, 7) is 5.72. The van der Waals surface area contributed by atoms with Crippen molar-refractivity contribution in [2.24, 2.45) is 16.0 Å². The van der Waals surface area contributed by atoms with Gasteiger partial charge in [-0.3, -0.25) is 9.59 Å². The summed E-state index contributed by atoms with van der Waals surface area (Å²) in [5.74, 6) is -0.662. The highest BCUT2D eigenvalue weighted by Crippen LogP contribution is 2.38. The fourth-order valence-corrected chi connectivity index (χ4v) is 3.34. The van der Waals surface area contributed by atoms with Crippen LogP contribution in [0.4, 0.5) is 5.69 Å². The van der Waals surface area contributed by atoms with E-state index in [1.807, 2.05) is 30.1 Å². The largest absolute Gasteiger partial charge is 0.367 e. The molecule has 0 fully saturated rings. The molecule has 1 amide bonds. The SMILES string of the molecule is CC(=O)c1ccc(N=N/C(C(N)=O)=C2/c3ccccc3CC(C)(C)N2C)cc1. The average Bonchev–Trinajstić information content (AvgIpc) is 2.64. The molecule has 0 saturated heterocycles. The number of Topliss-reactive ketones (excluding diaryl/α,β-unsaturated/α-hetero) is 1. The van der Waals surface area contributed by atoms with Gasteiger partial charge >= 0.3 is 0 Å².